The zero-order valence-electron chi connectivity index (χ0n) is 23.4. The minimum absolute atomic E-state index is 0.0136. The van der Waals surface area contributed by atoms with E-state index >= 15 is 0 Å². The van der Waals surface area contributed by atoms with Gasteiger partial charge >= 0.3 is 11.3 Å². The Morgan fingerprint density at radius 3 is 2.04 bits per heavy atom. The number of benzene rings is 2. The molecule has 3 aromatic rings. The Bertz CT molecular complexity index is 1510. The lowest BCUT2D eigenvalue weighted by Gasteiger charge is -2.45. The number of phenols is 4. The number of aromatic hydroxyl groups is 4. The zero-order valence-corrected chi connectivity index (χ0v) is 23.4. The van der Waals surface area contributed by atoms with Gasteiger partial charge in [-0.25, -0.2) is 4.42 Å². The van der Waals surface area contributed by atoms with E-state index in [2.05, 4.69) is 0 Å². The number of hydrogen-bond donors (Lipinski definition) is 11. The van der Waals surface area contributed by atoms with Crippen LogP contribution in [-0.2, 0) is 14.2 Å². The Morgan fingerprint density at radius 2 is 1.38 bits per heavy atom. The largest absolute Gasteiger partial charge is 0.507 e. The lowest BCUT2D eigenvalue weighted by Crippen LogP contribution is -2.65. The van der Waals surface area contributed by atoms with Crippen molar-refractivity contribution in [1.29, 1.82) is 0 Å². The smallest absolute Gasteiger partial charge is 0.402 e. The molecule has 0 saturated carbocycles. The van der Waals surface area contributed by atoms with Crippen LogP contribution in [0.5, 0.6) is 34.5 Å². The van der Waals surface area contributed by atoms with Crippen LogP contribution >= 0.6 is 0 Å². The molecule has 0 spiro atoms. The number of aliphatic hydroxyl groups excluding tert-OH is 7. The molecule has 17 nitrogen and oxygen atoms in total. The molecule has 17 heteroatoms. The summed E-state index contributed by atoms with van der Waals surface area (Å²) in [6.07, 6.45) is -17.2. The second-order valence-electron chi connectivity index (χ2n) is 10.5. The first kappa shape index (κ1) is 32.6. The first-order chi connectivity index (χ1) is 21.4. The minimum atomic E-state index is -1.92. The number of methoxy groups -OCH3 is 1. The Kier molecular flexibility index (Phi) is 9.38. The highest BCUT2D eigenvalue weighted by molar-refractivity contribution is 5.88. The molecule has 5 rings (SSSR count). The summed E-state index contributed by atoms with van der Waals surface area (Å²) in [5.74, 6) is -2.62. The molecule has 45 heavy (non-hydrogen) atoms. The standard InChI is InChI=1S/C28H32O17/c1-40-15-3-9(2-13(33)19(15)34)25-16(6-11-12(32)4-10(31)5-14(11)41-25)42-28-24(39)26(21(36)18(8-30)44-28)45-27-23(38)22(37)20(35)17(7-29)43-27/h2-6,17-18,20-24,26-30,35-39H,7-8H2,1H3,(H3-,31,32,33,34)/p+1/t17-,18-,20-,21-,22+,23-,24-,26+,27+,28-/m1/s1. The topological polar surface area (TPSA) is 280 Å². The van der Waals surface area contributed by atoms with Crippen LogP contribution in [-0.4, -0.2) is 138 Å². The number of aliphatic hydroxyl groups is 7. The van der Waals surface area contributed by atoms with Crippen LogP contribution in [0, 0.1) is 0 Å². The monoisotopic (exact) mass is 641 g/mol. The molecular weight excluding hydrogens is 608 g/mol. The summed E-state index contributed by atoms with van der Waals surface area (Å²) < 4.78 is 33.5. The molecule has 0 bridgehead atoms. The van der Waals surface area contributed by atoms with Crippen LogP contribution in [0.4, 0.5) is 0 Å². The highest BCUT2D eigenvalue weighted by Crippen LogP contribution is 2.45. The molecule has 2 fully saturated rings. The fraction of sp³-hybridized carbons (Fsp3) is 0.464. The van der Waals surface area contributed by atoms with Gasteiger partial charge in [0.1, 0.15) is 65.7 Å². The summed E-state index contributed by atoms with van der Waals surface area (Å²) >= 11 is 0. The van der Waals surface area contributed by atoms with Crippen molar-refractivity contribution < 1.29 is 84.3 Å². The van der Waals surface area contributed by atoms with E-state index in [0.29, 0.717) is 0 Å². The van der Waals surface area contributed by atoms with Crippen molar-refractivity contribution in [3.63, 3.8) is 0 Å². The number of hydrogen-bond acceptors (Lipinski definition) is 16. The van der Waals surface area contributed by atoms with E-state index in [1.54, 1.807) is 0 Å². The Labute approximate surface area is 253 Å². The van der Waals surface area contributed by atoms with Crippen molar-refractivity contribution >= 4 is 11.0 Å². The van der Waals surface area contributed by atoms with Crippen LogP contribution in [0.25, 0.3) is 22.3 Å². The number of phenolic OH excluding ortho intramolecular Hbond substituents is 4. The molecule has 0 amide bonds. The minimum Gasteiger partial charge on any atom is -0.507 e. The van der Waals surface area contributed by atoms with Gasteiger partial charge in [-0.2, -0.15) is 0 Å². The van der Waals surface area contributed by atoms with E-state index in [-0.39, 0.29) is 39.5 Å². The van der Waals surface area contributed by atoms with Gasteiger partial charge in [0.15, 0.2) is 17.8 Å². The first-order valence-corrected chi connectivity index (χ1v) is 13.6. The fourth-order valence-corrected chi connectivity index (χ4v) is 5.12. The van der Waals surface area contributed by atoms with Gasteiger partial charge in [-0.05, 0) is 0 Å². The molecule has 0 aliphatic carbocycles. The molecule has 246 valence electrons. The maximum absolute atomic E-state index is 11.2. The van der Waals surface area contributed by atoms with Gasteiger partial charge in [-0.3, -0.25) is 0 Å². The fourth-order valence-electron chi connectivity index (χ4n) is 5.12. The predicted molar refractivity (Wildman–Crippen MR) is 146 cm³/mol. The van der Waals surface area contributed by atoms with Crippen LogP contribution in [0.3, 0.4) is 0 Å². The average Bonchev–Trinajstić information content (AvgIpc) is 3.01. The van der Waals surface area contributed by atoms with E-state index in [9.17, 15) is 56.2 Å². The molecule has 3 heterocycles. The Morgan fingerprint density at radius 1 is 0.711 bits per heavy atom. The van der Waals surface area contributed by atoms with E-state index < -0.39 is 91.9 Å². The van der Waals surface area contributed by atoms with Crippen molar-refractivity contribution in [2.24, 2.45) is 0 Å². The van der Waals surface area contributed by atoms with Gasteiger partial charge in [-0.1, -0.05) is 0 Å². The molecule has 11 N–H and O–H groups in total. The maximum atomic E-state index is 11.2. The number of rotatable bonds is 8. The van der Waals surface area contributed by atoms with Gasteiger partial charge in [0, 0.05) is 24.3 Å². The zero-order chi connectivity index (χ0) is 32.7. The van der Waals surface area contributed by atoms with Crippen LogP contribution in [0.1, 0.15) is 0 Å². The summed E-state index contributed by atoms with van der Waals surface area (Å²) in [5.41, 5.74) is -0.0148. The van der Waals surface area contributed by atoms with Gasteiger partial charge < -0.3 is 79.9 Å². The lowest BCUT2D eigenvalue weighted by atomic mass is 9.97. The summed E-state index contributed by atoms with van der Waals surface area (Å²) in [7, 11) is 1.23. The highest BCUT2D eigenvalue weighted by atomic mass is 16.7. The molecule has 0 unspecified atom stereocenters. The van der Waals surface area contributed by atoms with E-state index in [1.165, 1.54) is 25.3 Å². The SMILES string of the molecule is COc1cc(-c2[o+]c3cc(O)cc(O)c3cc2O[C@@H]2O[C@H](CO)[C@@H](O)[C@H](O[C@@H]3O[C@H](CO)[C@@H](O)[C@H](O)[C@H]3O)[C@H]2O)cc(O)c1O. The number of fused-ring (bicyclic) bond motifs is 1. The molecule has 2 aliphatic heterocycles. The van der Waals surface area contributed by atoms with E-state index in [0.717, 1.165) is 12.1 Å². The normalized spacial score (nSPS) is 32.0. The highest BCUT2D eigenvalue weighted by Gasteiger charge is 2.51. The molecule has 2 saturated heterocycles. The lowest BCUT2D eigenvalue weighted by molar-refractivity contribution is -0.352. The molecular formula is C28H33O17+. The van der Waals surface area contributed by atoms with Crippen molar-refractivity contribution in [3.8, 4) is 45.8 Å². The van der Waals surface area contributed by atoms with Gasteiger partial charge in [0.2, 0.25) is 17.8 Å². The van der Waals surface area contributed by atoms with Crippen LogP contribution in [0.2, 0.25) is 0 Å². The Hall–Kier alpha value is -3.75. The molecule has 2 aliphatic rings. The molecule has 1 aromatic heterocycles. The first-order valence-electron chi connectivity index (χ1n) is 13.6. The summed E-state index contributed by atoms with van der Waals surface area (Å²) in [5, 5.41) is 113. The second-order valence-corrected chi connectivity index (χ2v) is 10.5. The van der Waals surface area contributed by atoms with E-state index in [1.807, 2.05) is 0 Å². The predicted octanol–water partition coefficient (Wildman–Crippen LogP) is -1.79. The van der Waals surface area contributed by atoms with Gasteiger partial charge in [-0.15, -0.1) is 0 Å². The van der Waals surface area contributed by atoms with Crippen LogP contribution in [0.15, 0.2) is 34.7 Å². The third-order valence-corrected chi connectivity index (χ3v) is 7.56. The number of ether oxygens (including phenoxy) is 5. The molecule has 10 atom stereocenters. The van der Waals surface area contributed by atoms with Crippen molar-refractivity contribution in [1.82, 2.24) is 0 Å². The maximum Gasteiger partial charge on any atom is 0.402 e. The summed E-state index contributed by atoms with van der Waals surface area (Å²) in [6, 6.07) is 5.78. The Balaban J connectivity index is 1.54. The van der Waals surface area contributed by atoms with Crippen LogP contribution < -0.4 is 9.47 Å². The van der Waals surface area contributed by atoms with Gasteiger partial charge in [0.25, 0.3) is 0 Å². The summed E-state index contributed by atoms with van der Waals surface area (Å²) in [6.45, 7) is -1.59. The van der Waals surface area contributed by atoms with E-state index in [4.69, 9.17) is 28.1 Å². The molecule has 0 radical (unpaired) electrons. The van der Waals surface area contributed by atoms with Crippen molar-refractivity contribution in [3.05, 3.63) is 30.3 Å². The quantitative estimate of drug-likeness (QED) is 0.0957. The average molecular weight is 642 g/mol. The van der Waals surface area contributed by atoms with Gasteiger partial charge in [0.05, 0.1) is 32.0 Å². The third-order valence-electron chi connectivity index (χ3n) is 7.56. The van der Waals surface area contributed by atoms with Crippen molar-refractivity contribution in [2.75, 3.05) is 20.3 Å². The van der Waals surface area contributed by atoms with Crippen molar-refractivity contribution in [2.45, 2.75) is 61.4 Å². The third kappa shape index (κ3) is 6.10. The molecule has 2 aromatic carbocycles. The second kappa shape index (κ2) is 12.9. The summed E-state index contributed by atoms with van der Waals surface area (Å²) in [4.78, 5) is 0.